The average Bonchev–Trinajstić information content (AvgIpc) is 3.14. The van der Waals surface area contributed by atoms with Gasteiger partial charge in [-0.05, 0) is 20.0 Å². The lowest BCUT2D eigenvalue weighted by atomic mass is 10.2. The topological polar surface area (TPSA) is 79.5 Å². The van der Waals surface area contributed by atoms with Gasteiger partial charge in [-0.3, -0.25) is 4.90 Å². The maximum absolute atomic E-state index is 11.6. The molecule has 1 atom stereocenters. The Labute approximate surface area is 138 Å². The molecular weight excluding hydrogens is 316 g/mol. The Balaban J connectivity index is 1.81. The molecule has 0 amide bonds. The summed E-state index contributed by atoms with van der Waals surface area (Å²) in [6, 6.07) is 0.403. The van der Waals surface area contributed by atoms with Crippen LogP contribution in [0.25, 0.3) is 0 Å². The van der Waals surface area contributed by atoms with Crippen LogP contribution in [0.4, 0.5) is 0 Å². The lowest BCUT2D eigenvalue weighted by Gasteiger charge is -2.23. The first-order chi connectivity index (χ1) is 10.8. The van der Waals surface area contributed by atoms with Crippen molar-refractivity contribution in [1.29, 1.82) is 0 Å². The molecule has 2 rings (SSSR count). The number of aromatic nitrogens is 2. The molecular formula is C15H28N4O3S. The largest absolute Gasteiger partial charge is 0.339 e. The SMILES string of the molecule is CCS(=O)(=O)CCN1CC[C@H](N(C)Cc2noc(C(C)C)n2)C1. The smallest absolute Gasteiger partial charge is 0.229 e. The van der Waals surface area contributed by atoms with E-state index in [0.717, 1.165) is 19.5 Å². The van der Waals surface area contributed by atoms with Crippen molar-refractivity contribution >= 4 is 9.84 Å². The standard InChI is InChI=1S/C15H28N4O3S/c1-5-23(20,21)9-8-19-7-6-13(10-19)18(4)11-14-16-15(12(2)3)22-17-14/h12-13H,5-11H2,1-4H3/t13-/m0/s1. The molecule has 0 radical (unpaired) electrons. The molecule has 1 aliphatic heterocycles. The quantitative estimate of drug-likeness (QED) is 0.699. The zero-order chi connectivity index (χ0) is 17.0. The number of hydrogen-bond donors (Lipinski definition) is 0. The Bertz CT molecular complexity index is 600. The van der Waals surface area contributed by atoms with E-state index in [-0.39, 0.29) is 17.4 Å². The summed E-state index contributed by atoms with van der Waals surface area (Å²) in [7, 11) is -0.828. The molecule has 0 N–H and O–H groups in total. The summed E-state index contributed by atoms with van der Waals surface area (Å²) in [5.41, 5.74) is 0. The van der Waals surface area contributed by atoms with Gasteiger partial charge in [-0.25, -0.2) is 8.42 Å². The van der Waals surface area contributed by atoms with Crippen LogP contribution in [0.5, 0.6) is 0 Å². The highest BCUT2D eigenvalue weighted by atomic mass is 32.2. The third kappa shape index (κ3) is 5.26. The predicted octanol–water partition coefficient (Wildman–Crippen LogP) is 1.13. The second-order valence-corrected chi connectivity index (χ2v) is 9.07. The van der Waals surface area contributed by atoms with Crippen molar-refractivity contribution < 1.29 is 12.9 Å². The zero-order valence-electron chi connectivity index (χ0n) is 14.5. The summed E-state index contributed by atoms with van der Waals surface area (Å²) < 4.78 is 28.4. The maximum Gasteiger partial charge on any atom is 0.229 e. The van der Waals surface area contributed by atoms with Crippen molar-refractivity contribution in [2.24, 2.45) is 0 Å². The Kier molecular flexibility index (Phi) is 6.16. The molecule has 2 heterocycles. The molecule has 0 spiro atoms. The summed E-state index contributed by atoms with van der Waals surface area (Å²) in [5, 5.41) is 4.03. The van der Waals surface area contributed by atoms with Crippen LogP contribution < -0.4 is 0 Å². The highest BCUT2D eigenvalue weighted by Gasteiger charge is 2.27. The van der Waals surface area contributed by atoms with Crippen LogP contribution in [-0.2, 0) is 16.4 Å². The Morgan fingerprint density at radius 3 is 2.78 bits per heavy atom. The van der Waals surface area contributed by atoms with Gasteiger partial charge in [-0.2, -0.15) is 4.98 Å². The maximum atomic E-state index is 11.6. The number of likely N-dealkylation sites (N-methyl/N-ethyl adjacent to an activating group) is 1. The van der Waals surface area contributed by atoms with Gasteiger partial charge in [-0.15, -0.1) is 0 Å². The minimum absolute atomic E-state index is 0.222. The summed E-state index contributed by atoms with van der Waals surface area (Å²) in [4.78, 5) is 8.86. The minimum Gasteiger partial charge on any atom is -0.339 e. The Morgan fingerprint density at radius 2 is 2.17 bits per heavy atom. The molecule has 0 unspecified atom stereocenters. The molecule has 1 saturated heterocycles. The molecule has 0 aliphatic carbocycles. The van der Waals surface area contributed by atoms with Crippen LogP contribution in [0.1, 0.15) is 44.8 Å². The van der Waals surface area contributed by atoms with Crippen LogP contribution in [0.2, 0.25) is 0 Å². The number of rotatable bonds is 8. The van der Waals surface area contributed by atoms with Gasteiger partial charge in [0, 0.05) is 30.8 Å². The first-order valence-corrected chi connectivity index (χ1v) is 10.1. The van der Waals surface area contributed by atoms with Crippen molar-refractivity contribution in [2.75, 3.05) is 38.2 Å². The van der Waals surface area contributed by atoms with E-state index in [1.54, 1.807) is 6.92 Å². The van der Waals surface area contributed by atoms with E-state index in [1.165, 1.54) is 0 Å². The van der Waals surface area contributed by atoms with Gasteiger partial charge < -0.3 is 9.42 Å². The fraction of sp³-hybridized carbons (Fsp3) is 0.867. The van der Waals surface area contributed by atoms with Gasteiger partial charge in [0.2, 0.25) is 5.89 Å². The molecule has 23 heavy (non-hydrogen) atoms. The average molecular weight is 344 g/mol. The third-order valence-electron chi connectivity index (χ3n) is 4.40. The molecule has 1 aliphatic rings. The Morgan fingerprint density at radius 1 is 1.43 bits per heavy atom. The van der Waals surface area contributed by atoms with E-state index >= 15 is 0 Å². The van der Waals surface area contributed by atoms with Crippen molar-refractivity contribution in [1.82, 2.24) is 19.9 Å². The fourth-order valence-electron chi connectivity index (χ4n) is 2.71. The van der Waals surface area contributed by atoms with Crippen molar-refractivity contribution in [3.05, 3.63) is 11.7 Å². The van der Waals surface area contributed by atoms with Gasteiger partial charge in [0.15, 0.2) is 15.7 Å². The fourth-order valence-corrected chi connectivity index (χ4v) is 3.53. The first-order valence-electron chi connectivity index (χ1n) is 8.26. The van der Waals surface area contributed by atoms with Crippen LogP contribution in [0, 0.1) is 0 Å². The van der Waals surface area contributed by atoms with Gasteiger partial charge in [-0.1, -0.05) is 25.9 Å². The van der Waals surface area contributed by atoms with E-state index in [9.17, 15) is 8.42 Å². The predicted molar refractivity (Wildman–Crippen MR) is 89.0 cm³/mol. The molecule has 132 valence electrons. The van der Waals surface area contributed by atoms with Gasteiger partial charge >= 0.3 is 0 Å². The molecule has 1 aromatic rings. The van der Waals surface area contributed by atoms with Crippen LogP contribution >= 0.6 is 0 Å². The van der Waals surface area contributed by atoms with Crippen LogP contribution in [0.15, 0.2) is 4.52 Å². The summed E-state index contributed by atoms with van der Waals surface area (Å²) in [5.74, 6) is 2.10. The normalized spacial score (nSPS) is 20.0. The third-order valence-corrected chi connectivity index (χ3v) is 6.08. The van der Waals surface area contributed by atoms with E-state index in [2.05, 4.69) is 27.0 Å². The van der Waals surface area contributed by atoms with E-state index in [4.69, 9.17) is 4.52 Å². The summed E-state index contributed by atoms with van der Waals surface area (Å²) >= 11 is 0. The molecule has 1 fully saturated rings. The van der Waals surface area contributed by atoms with Crippen molar-refractivity contribution in [3.8, 4) is 0 Å². The lowest BCUT2D eigenvalue weighted by Crippen LogP contribution is -2.35. The first kappa shape index (κ1) is 18.4. The molecule has 8 heteroatoms. The summed E-state index contributed by atoms with van der Waals surface area (Å²) in [6.07, 6.45) is 1.04. The second-order valence-electron chi connectivity index (χ2n) is 6.60. The van der Waals surface area contributed by atoms with Gasteiger partial charge in [0.1, 0.15) is 0 Å². The molecule has 7 nitrogen and oxygen atoms in total. The number of nitrogens with zero attached hydrogens (tertiary/aromatic N) is 4. The molecule has 0 aromatic carbocycles. The van der Waals surface area contributed by atoms with Crippen molar-refractivity contribution in [3.63, 3.8) is 0 Å². The highest BCUT2D eigenvalue weighted by Crippen LogP contribution is 2.17. The molecule has 0 bridgehead atoms. The number of likely N-dealkylation sites (tertiary alicyclic amines) is 1. The van der Waals surface area contributed by atoms with Gasteiger partial charge in [0.05, 0.1) is 12.3 Å². The number of sulfone groups is 1. The molecule has 0 saturated carbocycles. The Hall–Kier alpha value is -0.990. The monoisotopic (exact) mass is 344 g/mol. The minimum atomic E-state index is -2.89. The zero-order valence-corrected chi connectivity index (χ0v) is 15.3. The summed E-state index contributed by atoms with van der Waals surface area (Å²) in [6.45, 7) is 8.87. The van der Waals surface area contributed by atoms with E-state index in [1.807, 2.05) is 13.8 Å². The second kappa shape index (κ2) is 7.72. The lowest BCUT2D eigenvalue weighted by molar-refractivity contribution is 0.220. The number of hydrogen-bond acceptors (Lipinski definition) is 7. The van der Waals surface area contributed by atoms with Crippen LogP contribution in [-0.4, -0.2) is 72.6 Å². The van der Waals surface area contributed by atoms with E-state index in [0.29, 0.717) is 30.8 Å². The van der Waals surface area contributed by atoms with Gasteiger partial charge in [0.25, 0.3) is 0 Å². The van der Waals surface area contributed by atoms with E-state index < -0.39 is 9.84 Å². The molecule has 1 aromatic heterocycles. The van der Waals surface area contributed by atoms with Crippen molar-refractivity contribution in [2.45, 2.75) is 45.7 Å². The highest BCUT2D eigenvalue weighted by molar-refractivity contribution is 7.91. The van der Waals surface area contributed by atoms with Crippen LogP contribution in [0.3, 0.4) is 0 Å².